The topological polar surface area (TPSA) is 35.2 Å². The molecule has 1 heterocycles. The monoisotopic (exact) mass is 177 g/mol. The quantitative estimate of drug-likeness (QED) is 0.743. The van der Waals surface area contributed by atoms with E-state index in [-0.39, 0.29) is 0 Å². The van der Waals surface area contributed by atoms with Crippen molar-refractivity contribution in [3.05, 3.63) is 29.3 Å². The summed E-state index contributed by atoms with van der Waals surface area (Å²) in [7, 11) is 0. The second-order valence-electron chi connectivity index (χ2n) is 3.57. The van der Waals surface area contributed by atoms with E-state index in [1.54, 1.807) is 0 Å². The minimum atomic E-state index is 0.328. The first-order chi connectivity index (χ1) is 6.31. The van der Waals surface area contributed by atoms with Gasteiger partial charge in [-0.2, -0.15) is 0 Å². The first-order valence-corrected chi connectivity index (χ1v) is 4.78. The average Bonchev–Trinajstić information content (AvgIpc) is 2.47. The first-order valence-electron chi connectivity index (χ1n) is 4.78. The normalized spacial score (nSPS) is 19.7. The molecule has 1 aliphatic heterocycles. The molecule has 0 bridgehead atoms. The fourth-order valence-electron chi connectivity index (χ4n) is 1.89. The summed E-state index contributed by atoms with van der Waals surface area (Å²) in [4.78, 5) is 0. The Morgan fingerprint density at radius 2 is 2.38 bits per heavy atom. The van der Waals surface area contributed by atoms with Crippen molar-refractivity contribution >= 4 is 0 Å². The van der Waals surface area contributed by atoms with Gasteiger partial charge in [0.2, 0.25) is 0 Å². The SMILES string of the molecule is CC1Cc2c(CCN)cccc2O1. The van der Waals surface area contributed by atoms with Gasteiger partial charge in [0.25, 0.3) is 0 Å². The molecule has 1 aliphatic rings. The molecule has 0 saturated heterocycles. The van der Waals surface area contributed by atoms with Crippen LogP contribution in [0.15, 0.2) is 18.2 Å². The third kappa shape index (κ3) is 1.54. The molecule has 0 fully saturated rings. The zero-order valence-electron chi connectivity index (χ0n) is 7.92. The minimum absolute atomic E-state index is 0.328. The molecule has 70 valence electrons. The van der Waals surface area contributed by atoms with Crippen LogP contribution in [0.3, 0.4) is 0 Å². The average molecular weight is 177 g/mol. The van der Waals surface area contributed by atoms with Gasteiger partial charge in [-0.3, -0.25) is 0 Å². The third-order valence-corrected chi connectivity index (χ3v) is 2.46. The lowest BCUT2D eigenvalue weighted by Gasteiger charge is -2.04. The first kappa shape index (κ1) is 8.57. The van der Waals surface area contributed by atoms with Gasteiger partial charge in [-0.05, 0) is 31.5 Å². The van der Waals surface area contributed by atoms with Crippen molar-refractivity contribution in [2.24, 2.45) is 5.73 Å². The maximum Gasteiger partial charge on any atom is 0.123 e. The molecule has 1 aromatic carbocycles. The Balaban J connectivity index is 2.34. The van der Waals surface area contributed by atoms with Crippen molar-refractivity contribution in [1.82, 2.24) is 0 Å². The molecule has 0 saturated carbocycles. The van der Waals surface area contributed by atoms with Gasteiger partial charge in [0.15, 0.2) is 0 Å². The zero-order chi connectivity index (χ0) is 9.26. The minimum Gasteiger partial charge on any atom is -0.490 e. The van der Waals surface area contributed by atoms with E-state index in [1.807, 2.05) is 12.1 Å². The van der Waals surface area contributed by atoms with Crippen LogP contribution in [0.1, 0.15) is 18.1 Å². The van der Waals surface area contributed by atoms with Gasteiger partial charge in [-0.25, -0.2) is 0 Å². The Kier molecular flexibility index (Phi) is 2.23. The molecule has 0 aliphatic carbocycles. The van der Waals surface area contributed by atoms with Gasteiger partial charge >= 0.3 is 0 Å². The number of rotatable bonds is 2. The van der Waals surface area contributed by atoms with Crippen molar-refractivity contribution in [1.29, 1.82) is 0 Å². The van der Waals surface area contributed by atoms with E-state index in [9.17, 15) is 0 Å². The lowest BCUT2D eigenvalue weighted by molar-refractivity contribution is 0.254. The molecule has 1 unspecified atom stereocenters. The van der Waals surface area contributed by atoms with Crippen LogP contribution < -0.4 is 10.5 Å². The number of hydrogen-bond acceptors (Lipinski definition) is 2. The van der Waals surface area contributed by atoms with E-state index < -0.39 is 0 Å². The van der Waals surface area contributed by atoms with Crippen LogP contribution >= 0.6 is 0 Å². The molecule has 0 amide bonds. The molecule has 0 spiro atoms. The van der Waals surface area contributed by atoms with Gasteiger partial charge in [0, 0.05) is 12.0 Å². The van der Waals surface area contributed by atoms with E-state index in [1.165, 1.54) is 11.1 Å². The molecule has 2 heteroatoms. The van der Waals surface area contributed by atoms with Crippen LogP contribution in [-0.4, -0.2) is 12.6 Å². The Hall–Kier alpha value is -1.02. The fourth-order valence-corrected chi connectivity index (χ4v) is 1.89. The number of benzene rings is 1. The lowest BCUT2D eigenvalue weighted by Crippen LogP contribution is -2.07. The Bertz CT molecular complexity index is 309. The number of hydrogen-bond donors (Lipinski definition) is 1. The van der Waals surface area contributed by atoms with Gasteiger partial charge < -0.3 is 10.5 Å². The highest BCUT2D eigenvalue weighted by Gasteiger charge is 2.20. The molecule has 2 N–H and O–H groups in total. The summed E-state index contributed by atoms with van der Waals surface area (Å²) in [5.41, 5.74) is 8.26. The third-order valence-electron chi connectivity index (χ3n) is 2.46. The van der Waals surface area contributed by atoms with Crippen LogP contribution in [0.2, 0.25) is 0 Å². The summed E-state index contributed by atoms with van der Waals surface area (Å²) in [5.74, 6) is 1.05. The smallest absolute Gasteiger partial charge is 0.123 e. The van der Waals surface area contributed by atoms with Crippen molar-refractivity contribution in [3.8, 4) is 5.75 Å². The van der Waals surface area contributed by atoms with Crippen molar-refractivity contribution in [2.45, 2.75) is 25.9 Å². The largest absolute Gasteiger partial charge is 0.490 e. The van der Waals surface area contributed by atoms with Crippen molar-refractivity contribution in [2.75, 3.05) is 6.54 Å². The van der Waals surface area contributed by atoms with Crippen LogP contribution in [0.4, 0.5) is 0 Å². The fraction of sp³-hybridized carbons (Fsp3) is 0.455. The van der Waals surface area contributed by atoms with E-state index >= 15 is 0 Å². The highest BCUT2D eigenvalue weighted by atomic mass is 16.5. The summed E-state index contributed by atoms with van der Waals surface area (Å²) in [6.45, 7) is 2.82. The van der Waals surface area contributed by atoms with Crippen LogP contribution in [-0.2, 0) is 12.8 Å². The van der Waals surface area contributed by atoms with Gasteiger partial charge in [-0.1, -0.05) is 12.1 Å². The summed E-state index contributed by atoms with van der Waals surface area (Å²) >= 11 is 0. The summed E-state index contributed by atoms with van der Waals surface area (Å²) < 4.78 is 5.65. The molecule has 2 rings (SSSR count). The molecule has 0 radical (unpaired) electrons. The van der Waals surface area contributed by atoms with Crippen LogP contribution in [0.5, 0.6) is 5.75 Å². The standard InChI is InChI=1S/C11H15NO/c1-8-7-10-9(5-6-12)3-2-4-11(10)13-8/h2-4,8H,5-7,12H2,1H3. The number of fused-ring (bicyclic) bond motifs is 1. The maximum absolute atomic E-state index is 5.65. The molecular formula is C11H15NO. The van der Waals surface area contributed by atoms with Crippen LogP contribution in [0, 0.1) is 0 Å². The van der Waals surface area contributed by atoms with E-state index in [0.29, 0.717) is 12.6 Å². The van der Waals surface area contributed by atoms with E-state index in [4.69, 9.17) is 10.5 Å². The predicted molar refractivity (Wildman–Crippen MR) is 53.0 cm³/mol. The highest BCUT2D eigenvalue weighted by Crippen LogP contribution is 2.31. The van der Waals surface area contributed by atoms with Crippen molar-refractivity contribution in [3.63, 3.8) is 0 Å². The molecule has 0 aromatic heterocycles. The van der Waals surface area contributed by atoms with Crippen molar-refractivity contribution < 1.29 is 4.74 Å². The highest BCUT2D eigenvalue weighted by molar-refractivity contribution is 5.43. The molecule has 1 aromatic rings. The van der Waals surface area contributed by atoms with E-state index in [2.05, 4.69) is 13.0 Å². The van der Waals surface area contributed by atoms with Gasteiger partial charge in [-0.15, -0.1) is 0 Å². The molecule has 13 heavy (non-hydrogen) atoms. The van der Waals surface area contributed by atoms with Gasteiger partial charge in [0.05, 0.1) is 0 Å². The summed E-state index contributed by atoms with van der Waals surface area (Å²) in [6.07, 6.45) is 2.32. The Morgan fingerprint density at radius 3 is 3.15 bits per heavy atom. The predicted octanol–water partition coefficient (Wildman–Crippen LogP) is 1.51. The summed E-state index contributed by atoms with van der Waals surface area (Å²) in [6, 6.07) is 6.23. The second kappa shape index (κ2) is 3.38. The van der Waals surface area contributed by atoms with Gasteiger partial charge in [0.1, 0.15) is 11.9 Å². The lowest BCUT2D eigenvalue weighted by atomic mass is 10.0. The maximum atomic E-state index is 5.65. The second-order valence-corrected chi connectivity index (χ2v) is 3.57. The number of ether oxygens (including phenoxy) is 1. The molecule has 1 atom stereocenters. The van der Waals surface area contributed by atoms with E-state index in [0.717, 1.165) is 18.6 Å². The Labute approximate surface area is 78.7 Å². The summed E-state index contributed by atoms with van der Waals surface area (Å²) in [5, 5.41) is 0. The molecular weight excluding hydrogens is 162 g/mol. The Morgan fingerprint density at radius 1 is 1.54 bits per heavy atom. The number of nitrogens with two attached hydrogens (primary N) is 1. The zero-order valence-corrected chi connectivity index (χ0v) is 7.92. The van der Waals surface area contributed by atoms with Crippen LogP contribution in [0.25, 0.3) is 0 Å². The molecule has 2 nitrogen and oxygen atoms in total.